The van der Waals surface area contributed by atoms with Crippen molar-refractivity contribution in [2.75, 3.05) is 19.6 Å². The summed E-state index contributed by atoms with van der Waals surface area (Å²) in [6.07, 6.45) is -2.67. The summed E-state index contributed by atoms with van der Waals surface area (Å²) >= 11 is 0. The first kappa shape index (κ1) is 14.2. The van der Waals surface area contributed by atoms with Gasteiger partial charge in [-0.3, -0.25) is 4.79 Å². The highest BCUT2D eigenvalue weighted by atomic mass is 19.3. The van der Waals surface area contributed by atoms with Crippen LogP contribution >= 0.6 is 0 Å². The smallest absolute Gasteiger partial charge is 0.255 e. The number of phenolic OH excluding ortho intramolecular Hbond substituents is 2. The van der Waals surface area contributed by atoms with Gasteiger partial charge in [0, 0.05) is 24.7 Å². The van der Waals surface area contributed by atoms with E-state index in [9.17, 15) is 23.8 Å². The van der Waals surface area contributed by atoms with Crippen molar-refractivity contribution in [3.05, 3.63) is 23.8 Å². The summed E-state index contributed by atoms with van der Waals surface area (Å²) in [6, 6.07) is 3.23. The van der Waals surface area contributed by atoms with Gasteiger partial charge >= 0.3 is 0 Å². The molecule has 0 fully saturated rings. The van der Waals surface area contributed by atoms with Gasteiger partial charge in [-0.2, -0.15) is 0 Å². The minimum Gasteiger partial charge on any atom is -0.508 e. The first-order chi connectivity index (χ1) is 8.43. The molecule has 0 aliphatic rings. The third kappa shape index (κ3) is 3.85. The fraction of sp³-hybridized carbons (Fsp3) is 0.364. The molecule has 0 spiro atoms. The van der Waals surface area contributed by atoms with E-state index >= 15 is 0 Å². The lowest BCUT2D eigenvalue weighted by atomic mass is 10.1. The molecule has 0 atom stereocenters. The number of carbonyl (C=O) groups excluding carboxylic acids is 1. The second-order valence-corrected chi connectivity index (χ2v) is 3.67. The highest BCUT2D eigenvalue weighted by Gasteiger charge is 2.20. The van der Waals surface area contributed by atoms with Crippen molar-refractivity contribution in [1.82, 2.24) is 4.90 Å². The van der Waals surface area contributed by atoms with Crippen LogP contribution in [0.3, 0.4) is 0 Å². The van der Waals surface area contributed by atoms with Crippen LogP contribution in [0.25, 0.3) is 0 Å². The predicted octanol–water partition coefficient (Wildman–Crippen LogP) is 0.764. The average molecular weight is 260 g/mol. The minimum absolute atomic E-state index is 0.0282. The van der Waals surface area contributed by atoms with Crippen LogP contribution in [-0.2, 0) is 0 Å². The molecule has 0 aliphatic heterocycles. The zero-order valence-corrected chi connectivity index (χ0v) is 9.51. The molecule has 1 amide bonds. The van der Waals surface area contributed by atoms with Crippen molar-refractivity contribution in [2.45, 2.75) is 6.43 Å². The van der Waals surface area contributed by atoms with Gasteiger partial charge in [0.1, 0.15) is 11.5 Å². The maximum Gasteiger partial charge on any atom is 0.255 e. The van der Waals surface area contributed by atoms with Gasteiger partial charge in [-0.1, -0.05) is 0 Å². The Hall–Kier alpha value is -1.89. The van der Waals surface area contributed by atoms with Crippen LogP contribution in [0.4, 0.5) is 8.78 Å². The summed E-state index contributed by atoms with van der Waals surface area (Å²) in [7, 11) is 0. The van der Waals surface area contributed by atoms with E-state index in [1.54, 1.807) is 0 Å². The summed E-state index contributed by atoms with van der Waals surface area (Å²) in [5.41, 5.74) is 5.18. The summed E-state index contributed by atoms with van der Waals surface area (Å²) in [4.78, 5) is 12.8. The van der Waals surface area contributed by atoms with Gasteiger partial charge in [0.2, 0.25) is 0 Å². The molecule has 7 heteroatoms. The first-order valence-electron chi connectivity index (χ1n) is 5.24. The Morgan fingerprint density at radius 2 is 1.83 bits per heavy atom. The Labute approximate surface area is 102 Å². The summed E-state index contributed by atoms with van der Waals surface area (Å²) in [6.45, 7) is -0.727. The molecule has 1 aromatic rings. The van der Waals surface area contributed by atoms with Gasteiger partial charge in [0.05, 0.1) is 6.54 Å². The summed E-state index contributed by atoms with van der Waals surface area (Å²) in [5.74, 6) is -1.35. The van der Waals surface area contributed by atoms with E-state index in [0.29, 0.717) is 0 Å². The highest BCUT2D eigenvalue weighted by Crippen LogP contribution is 2.21. The zero-order chi connectivity index (χ0) is 13.7. The van der Waals surface area contributed by atoms with Crippen molar-refractivity contribution >= 4 is 5.91 Å². The van der Waals surface area contributed by atoms with Crippen LogP contribution in [-0.4, -0.2) is 47.1 Å². The molecule has 0 unspecified atom stereocenters. The number of nitrogens with zero attached hydrogens (tertiary/aromatic N) is 1. The van der Waals surface area contributed by atoms with Crippen LogP contribution in [0.5, 0.6) is 11.5 Å². The maximum absolute atomic E-state index is 12.3. The van der Waals surface area contributed by atoms with Crippen molar-refractivity contribution in [2.24, 2.45) is 5.73 Å². The maximum atomic E-state index is 12.3. The molecule has 0 heterocycles. The normalized spacial score (nSPS) is 10.7. The van der Waals surface area contributed by atoms with Crippen LogP contribution in [0.15, 0.2) is 18.2 Å². The number of benzene rings is 1. The number of hydrogen-bond donors (Lipinski definition) is 3. The fourth-order valence-corrected chi connectivity index (χ4v) is 1.50. The van der Waals surface area contributed by atoms with E-state index in [1.165, 1.54) is 0 Å². The highest BCUT2D eigenvalue weighted by molar-refractivity contribution is 5.95. The molecule has 0 bridgehead atoms. The Morgan fingerprint density at radius 1 is 1.28 bits per heavy atom. The van der Waals surface area contributed by atoms with Gasteiger partial charge in [0.25, 0.3) is 12.3 Å². The zero-order valence-electron chi connectivity index (χ0n) is 9.51. The number of rotatable bonds is 5. The Kier molecular flexibility index (Phi) is 4.85. The first-order valence-corrected chi connectivity index (χ1v) is 5.24. The molecule has 0 aliphatic carbocycles. The second-order valence-electron chi connectivity index (χ2n) is 3.67. The van der Waals surface area contributed by atoms with E-state index in [2.05, 4.69) is 0 Å². The number of phenols is 2. The van der Waals surface area contributed by atoms with Crippen LogP contribution in [0.2, 0.25) is 0 Å². The minimum atomic E-state index is -2.67. The van der Waals surface area contributed by atoms with Crippen molar-refractivity contribution < 1.29 is 23.8 Å². The predicted molar refractivity (Wildman–Crippen MR) is 60.7 cm³/mol. The van der Waals surface area contributed by atoms with E-state index in [1.807, 2.05) is 0 Å². The van der Waals surface area contributed by atoms with Crippen LogP contribution in [0, 0.1) is 0 Å². The van der Waals surface area contributed by atoms with Gasteiger partial charge in [0.15, 0.2) is 0 Å². The molecule has 18 heavy (non-hydrogen) atoms. The molecule has 0 saturated heterocycles. The molecular weight excluding hydrogens is 246 g/mol. The van der Waals surface area contributed by atoms with E-state index in [4.69, 9.17) is 5.73 Å². The summed E-state index contributed by atoms with van der Waals surface area (Å²) in [5, 5.41) is 18.5. The SMILES string of the molecule is NCCN(CC(F)F)C(=O)c1cc(O)cc(O)c1. The molecule has 0 radical (unpaired) electrons. The monoisotopic (exact) mass is 260 g/mol. The molecule has 100 valence electrons. The molecule has 5 nitrogen and oxygen atoms in total. The van der Waals surface area contributed by atoms with Gasteiger partial charge in [-0.25, -0.2) is 8.78 Å². The number of hydrogen-bond acceptors (Lipinski definition) is 4. The number of aromatic hydroxyl groups is 2. The summed E-state index contributed by atoms with van der Waals surface area (Å²) < 4.78 is 24.6. The lowest BCUT2D eigenvalue weighted by molar-refractivity contribution is 0.0562. The topological polar surface area (TPSA) is 86.8 Å². The van der Waals surface area contributed by atoms with E-state index in [0.717, 1.165) is 23.1 Å². The molecule has 1 rings (SSSR count). The van der Waals surface area contributed by atoms with Gasteiger partial charge in [-0.15, -0.1) is 0 Å². The Balaban J connectivity index is 2.93. The number of nitrogens with two attached hydrogens (primary N) is 1. The number of alkyl halides is 2. The molecule has 4 N–H and O–H groups in total. The standard InChI is InChI=1S/C11H14F2N2O3/c12-10(13)6-15(2-1-14)11(18)7-3-8(16)5-9(17)4-7/h3-5,10,16-17H,1-2,6,14H2. The number of halogens is 2. The molecular formula is C11H14F2N2O3. The average Bonchev–Trinajstić information content (AvgIpc) is 2.25. The third-order valence-electron chi connectivity index (χ3n) is 2.19. The van der Waals surface area contributed by atoms with E-state index < -0.39 is 18.9 Å². The Morgan fingerprint density at radius 3 is 2.28 bits per heavy atom. The number of amides is 1. The van der Waals surface area contributed by atoms with Crippen molar-refractivity contribution in [1.29, 1.82) is 0 Å². The lowest BCUT2D eigenvalue weighted by Crippen LogP contribution is -2.38. The third-order valence-corrected chi connectivity index (χ3v) is 2.19. The molecule has 1 aromatic carbocycles. The lowest BCUT2D eigenvalue weighted by Gasteiger charge is -2.21. The second kappa shape index (κ2) is 6.15. The van der Waals surface area contributed by atoms with Crippen molar-refractivity contribution in [3.8, 4) is 11.5 Å². The van der Waals surface area contributed by atoms with Gasteiger partial charge in [-0.05, 0) is 12.1 Å². The van der Waals surface area contributed by atoms with Crippen LogP contribution in [0.1, 0.15) is 10.4 Å². The molecule has 0 aromatic heterocycles. The quantitative estimate of drug-likeness (QED) is 0.729. The van der Waals surface area contributed by atoms with Crippen LogP contribution < -0.4 is 5.73 Å². The Bertz CT molecular complexity index is 406. The largest absolute Gasteiger partial charge is 0.508 e. The fourth-order valence-electron chi connectivity index (χ4n) is 1.50. The van der Waals surface area contributed by atoms with Gasteiger partial charge < -0.3 is 20.8 Å². The number of carbonyl (C=O) groups is 1. The van der Waals surface area contributed by atoms with Crippen molar-refractivity contribution in [3.63, 3.8) is 0 Å². The molecule has 0 saturated carbocycles. The van der Waals surface area contributed by atoms with E-state index in [-0.39, 0.29) is 30.2 Å².